The normalized spacial score (nSPS) is 19.9. The monoisotopic (exact) mass is 362 g/mol. The summed E-state index contributed by atoms with van der Waals surface area (Å²) in [4.78, 5) is 12.9. The predicted molar refractivity (Wildman–Crippen MR) is 104 cm³/mol. The van der Waals surface area contributed by atoms with Crippen molar-refractivity contribution >= 4 is 22.5 Å². The fourth-order valence-corrected chi connectivity index (χ4v) is 4.13. The van der Waals surface area contributed by atoms with E-state index in [2.05, 4.69) is 30.1 Å². The third-order valence-electron chi connectivity index (χ3n) is 5.60. The number of aromatic nitrogens is 5. The van der Waals surface area contributed by atoms with Gasteiger partial charge in [-0.05, 0) is 44.2 Å². The summed E-state index contributed by atoms with van der Waals surface area (Å²) in [6.45, 7) is 2.77. The Kier molecular flexibility index (Phi) is 3.74. The standard InChI is InChI=1S/C20H22N6O/c1-13-10-22-18-9-16(4-6-25(13)18)27-11-14-2-3-15(8-14)26-7-5-17-19(21)23-12-24-20(17)26/h4-7,9-10,12,14-15H,2-3,8,11H2,1H3,(H2,21,23,24). The van der Waals surface area contributed by atoms with Crippen LogP contribution < -0.4 is 10.5 Å². The van der Waals surface area contributed by atoms with Crippen LogP contribution in [0.4, 0.5) is 5.82 Å². The van der Waals surface area contributed by atoms with E-state index in [9.17, 15) is 0 Å². The van der Waals surface area contributed by atoms with Gasteiger partial charge < -0.3 is 19.4 Å². The molecule has 4 aromatic rings. The largest absolute Gasteiger partial charge is 0.493 e. The van der Waals surface area contributed by atoms with Gasteiger partial charge in [0.2, 0.25) is 0 Å². The predicted octanol–water partition coefficient (Wildman–Crippen LogP) is 3.39. The number of nitrogens with two attached hydrogens (primary N) is 1. The zero-order valence-corrected chi connectivity index (χ0v) is 15.2. The van der Waals surface area contributed by atoms with Crippen molar-refractivity contribution in [1.82, 2.24) is 23.9 Å². The van der Waals surface area contributed by atoms with Gasteiger partial charge in [-0.25, -0.2) is 15.0 Å². The lowest BCUT2D eigenvalue weighted by molar-refractivity contribution is 0.248. The third kappa shape index (κ3) is 2.79. The summed E-state index contributed by atoms with van der Waals surface area (Å²) >= 11 is 0. The van der Waals surface area contributed by atoms with E-state index in [4.69, 9.17) is 10.5 Å². The van der Waals surface area contributed by atoms with Crippen molar-refractivity contribution in [2.24, 2.45) is 5.92 Å². The molecule has 2 atom stereocenters. The molecule has 2 unspecified atom stereocenters. The second-order valence-electron chi connectivity index (χ2n) is 7.35. The lowest BCUT2D eigenvalue weighted by atomic mass is 10.1. The highest BCUT2D eigenvalue weighted by Crippen LogP contribution is 2.37. The Labute approximate surface area is 156 Å². The molecule has 5 rings (SSSR count). The Hall–Kier alpha value is -3.09. The van der Waals surface area contributed by atoms with Crippen LogP contribution in [0.5, 0.6) is 5.75 Å². The Morgan fingerprint density at radius 1 is 1.19 bits per heavy atom. The molecule has 0 aliphatic heterocycles. The van der Waals surface area contributed by atoms with E-state index in [1.807, 2.05) is 37.5 Å². The van der Waals surface area contributed by atoms with Crippen LogP contribution in [0, 0.1) is 12.8 Å². The molecular weight excluding hydrogens is 340 g/mol. The van der Waals surface area contributed by atoms with Crippen LogP contribution in [0.3, 0.4) is 0 Å². The number of pyridine rings is 1. The van der Waals surface area contributed by atoms with Crippen molar-refractivity contribution in [2.75, 3.05) is 12.3 Å². The van der Waals surface area contributed by atoms with Crippen LogP contribution in [-0.4, -0.2) is 30.5 Å². The van der Waals surface area contributed by atoms with Gasteiger partial charge in [-0.3, -0.25) is 0 Å². The first-order chi connectivity index (χ1) is 13.2. The zero-order chi connectivity index (χ0) is 18.4. The van der Waals surface area contributed by atoms with E-state index in [1.165, 1.54) is 6.33 Å². The van der Waals surface area contributed by atoms with Crippen LogP contribution in [0.2, 0.25) is 0 Å². The van der Waals surface area contributed by atoms with Crippen LogP contribution in [0.1, 0.15) is 31.0 Å². The van der Waals surface area contributed by atoms with Gasteiger partial charge in [0.05, 0.1) is 12.0 Å². The van der Waals surface area contributed by atoms with Crippen LogP contribution in [0.25, 0.3) is 16.7 Å². The summed E-state index contributed by atoms with van der Waals surface area (Å²) in [6, 6.07) is 6.45. The molecule has 1 saturated carbocycles. The Balaban J connectivity index is 1.27. The smallest absolute Gasteiger partial charge is 0.145 e. The molecule has 0 saturated heterocycles. The fourth-order valence-electron chi connectivity index (χ4n) is 4.13. The summed E-state index contributed by atoms with van der Waals surface area (Å²) in [5.74, 6) is 1.95. The molecule has 7 nitrogen and oxygen atoms in total. The first-order valence-corrected chi connectivity index (χ1v) is 9.32. The Morgan fingerprint density at radius 3 is 3.04 bits per heavy atom. The number of imidazole rings is 1. The summed E-state index contributed by atoms with van der Waals surface area (Å²) in [5, 5.41) is 0.931. The number of aryl methyl sites for hydroxylation is 1. The second kappa shape index (κ2) is 6.26. The van der Waals surface area contributed by atoms with Gasteiger partial charge in [-0.1, -0.05) is 0 Å². The molecule has 1 fully saturated rings. The molecule has 27 heavy (non-hydrogen) atoms. The van der Waals surface area contributed by atoms with Crippen molar-refractivity contribution in [1.29, 1.82) is 0 Å². The van der Waals surface area contributed by atoms with Gasteiger partial charge in [0.15, 0.2) is 0 Å². The Morgan fingerprint density at radius 2 is 2.11 bits per heavy atom. The summed E-state index contributed by atoms with van der Waals surface area (Å²) in [5.41, 5.74) is 8.93. The number of hydrogen-bond donors (Lipinski definition) is 1. The number of anilines is 1. The molecule has 138 valence electrons. The van der Waals surface area contributed by atoms with E-state index in [-0.39, 0.29) is 0 Å². The van der Waals surface area contributed by atoms with Crippen LogP contribution >= 0.6 is 0 Å². The molecular formula is C20H22N6O. The van der Waals surface area contributed by atoms with Gasteiger partial charge in [0.1, 0.15) is 29.2 Å². The van der Waals surface area contributed by atoms with E-state index in [0.29, 0.717) is 17.8 Å². The number of ether oxygens (including phenoxy) is 1. The summed E-state index contributed by atoms with van der Waals surface area (Å²) < 4.78 is 10.4. The van der Waals surface area contributed by atoms with Gasteiger partial charge >= 0.3 is 0 Å². The Bertz CT molecular complexity index is 1110. The van der Waals surface area contributed by atoms with E-state index >= 15 is 0 Å². The van der Waals surface area contributed by atoms with E-state index in [0.717, 1.165) is 54.0 Å². The number of rotatable bonds is 4. The zero-order valence-electron chi connectivity index (χ0n) is 15.2. The number of hydrogen-bond acceptors (Lipinski definition) is 5. The maximum Gasteiger partial charge on any atom is 0.145 e. The molecule has 7 heteroatoms. The van der Waals surface area contributed by atoms with Crippen molar-refractivity contribution in [3.05, 3.63) is 48.8 Å². The lowest BCUT2D eigenvalue weighted by Gasteiger charge is -2.15. The molecule has 0 bridgehead atoms. The van der Waals surface area contributed by atoms with Gasteiger partial charge in [-0.15, -0.1) is 0 Å². The molecule has 0 spiro atoms. The van der Waals surface area contributed by atoms with Gasteiger partial charge in [0.25, 0.3) is 0 Å². The topological polar surface area (TPSA) is 83.3 Å². The first-order valence-electron chi connectivity index (χ1n) is 9.32. The van der Waals surface area contributed by atoms with Gasteiger partial charge in [-0.2, -0.15) is 0 Å². The minimum Gasteiger partial charge on any atom is -0.493 e. The van der Waals surface area contributed by atoms with E-state index < -0.39 is 0 Å². The number of nitrogen functional groups attached to an aromatic ring is 1. The van der Waals surface area contributed by atoms with Crippen molar-refractivity contribution in [3.63, 3.8) is 0 Å². The highest BCUT2D eigenvalue weighted by molar-refractivity contribution is 5.86. The summed E-state index contributed by atoms with van der Waals surface area (Å²) in [6.07, 6.45) is 10.9. The summed E-state index contributed by atoms with van der Waals surface area (Å²) in [7, 11) is 0. The average Bonchev–Trinajstić information content (AvgIpc) is 3.39. The average molecular weight is 362 g/mol. The number of fused-ring (bicyclic) bond motifs is 2. The minimum atomic E-state index is 0.433. The first kappa shape index (κ1) is 16.1. The molecule has 4 heterocycles. The highest BCUT2D eigenvalue weighted by atomic mass is 16.5. The maximum atomic E-state index is 6.07. The minimum absolute atomic E-state index is 0.433. The SMILES string of the molecule is Cc1cnc2cc(OCC3CCC(n4ccc5c(N)ncnc54)C3)ccn12. The lowest BCUT2D eigenvalue weighted by Crippen LogP contribution is -2.11. The molecule has 0 amide bonds. The fraction of sp³-hybridized carbons (Fsp3) is 0.350. The van der Waals surface area contributed by atoms with Crippen LogP contribution in [0.15, 0.2) is 43.1 Å². The maximum absolute atomic E-state index is 6.07. The molecule has 1 aliphatic carbocycles. The second-order valence-corrected chi connectivity index (χ2v) is 7.35. The van der Waals surface area contributed by atoms with Crippen molar-refractivity contribution in [2.45, 2.75) is 32.2 Å². The van der Waals surface area contributed by atoms with Crippen molar-refractivity contribution < 1.29 is 4.74 Å². The van der Waals surface area contributed by atoms with E-state index in [1.54, 1.807) is 0 Å². The molecule has 0 radical (unpaired) electrons. The van der Waals surface area contributed by atoms with Crippen LogP contribution in [-0.2, 0) is 0 Å². The van der Waals surface area contributed by atoms with Gasteiger partial charge in [0, 0.05) is 36.4 Å². The van der Waals surface area contributed by atoms with Crippen molar-refractivity contribution in [3.8, 4) is 5.75 Å². The molecule has 2 N–H and O–H groups in total. The molecule has 0 aromatic carbocycles. The third-order valence-corrected chi connectivity index (χ3v) is 5.60. The number of nitrogens with zero attached hydrogens (tertiary/aromatic N) is 5. The molecule has 4 aromatic heterocycles. The quantitative estimate of drug-likeness (QED) is 0.602. The molecule has 1 aliphatic rings. The highest BCUT2D eigenvalue weighted by Gasteiger charge is 2.27.